The maximum Gasteiger partial charge on any atom is 0.209 e. The number of benzene rings is 1. The number of phenols is 2. The molecule has 116 valence electrons. The third-order valence-electron chi connectivity index (χ3n) is 5.91. The Morgan fingerprint density at radius 2 is 2.14 bits per heavy atom. The van der Waals surface area contributed by atoms with Crippen LogP contribution in [-0.2, 0) is 21.4 Å². The number of nitrogens with zero attached hydrogens (tertiary/aromatic N) is 1. The molecule has 1 heterocycles. The Balaban J connectivity index is 1.94. The van der Waals surface area contributed by atoms with Crippen molar-refractivity contribution in [1.82, 2.24) is 4.90 Å². The summed E-state index contributed by atoms with van der Waals surface area (Å²) in [6, 6.07) is 3.11. The summed E-state index contributed by atoms with van der Waals surface area (Å²) >= 11 is 0. The second-order valence-corrected chi connectivity index (χ2v) is 6.88. The first-order valence-corrected chi connectivity index (χ1v) is 7.83. The number of carbonyl (C=O) groups excluding carboxylic acids is 2. The molecule has 1 aromatic rings. The Kier molecular flexibility index (Phi) is 2.77. The maximum atomic E-state index is 12.1. The monoisotopic (exact) mass is 301 g/mol. The van der Waals surface area contributed by atoms with Crippen LogP contribution in [0.15, 0.2) is 12.1 Å². The normalized spacial score (nSPS) is 33.1. The van der Waals surface area contributed by atoms with E-state index in [-0.39, 0.29) is 34.7 Å². The fourth-order valence-corrected chi connectivity index (χ4v) is 5.14. The number of likely N-dealkylation sites (tertiary alicyclic amines) is 1. The topological polar surface area (TPSA) is 77.8 Å². The van der Waals surface area contributed by atoms with Crippen LogP contribution in [0.4, 0.5) is 0 Å². The highest BCUT2D eigenvalue weighted by atomic mass is 16.3. The van der Waals surface area contributed by atoms with E-state index in [9.17, 15) is 19.8 Å². The minimum absolute atomic E-state index is 0.0314. The van der Waals surface area contributed by atoms with Crippen molar-refractivity contribution in [2.45, 2.75) is 43.6 Å². The number of Topliss-reactive ketones (excluding diaryl/α,β-unsaturated/α-hetero) is 1. The minimum Gasteiger partial charge on any atom is -0.508 e. The summed E-state index contributed by atoms with van der Waals surface area (Å²) in [5, 5.41) is 20.2. The molecule has 0 aromatic heterocycles. The van der Waals surface area contributed by atoms with Crippen LogP contribution in [0, 0.1) is 5.92 Å². The van der Waals surface area contributed by atoms with E-state index in [1.54, 1.807) is 6.07 Å². The van der Waals surface area contributed by atoms with Gasteiger partial charge < -0.3 is 15.1 Å². The lowest BCUT2D eigenvalue weighted by molar-refractivity contribution is -0.132. The lowest BCUT2D eigenvalue weighted by Gasteiger charge is -2.57. The first-order chi connectivity index (χ1) is 10.5. The van der Waals surface area contributed by atoms with Crippen molar-refractivity contribution < 1.29 is 19.8 Å². The second kappa shape index (κ2) is 4.48. The van der Waals surface area contributed by atoms with Gasteiger partial charge in [0.05, 0.1) is 0 Å². The highest BCUT2D eigenvalue weighted by Crippen LogP contribution is 2.57. The predicted octanol–water partition coefficient (Wildman–Crippen LogP) is 1.49. The van der Waals surface area contributed by atoms with E-state index < -0.39 is 0 Å². The van der Waals surface area contributed by atoms with Gasteiger partial charge in [-0.2, -0.15) is 0 Å². The van der Waals surface area contributed by atoms with E-state index in [2.05, 4.69) is 0 Å². The fraction of sp³-hybridized carbons (Fsp3) is 0.529. The van der Waals surface area contributed by atoms with Gasteiger partial charge in [0.25, 0.3) is 0 Å². The standard InChI is InChI=1S/C17H19NO4/c19-9-18-4-3-17-8-11(20)1-2-13(17)14(18)6-10-5-12(21)7-15(22)16(10)17/h5,7,9,13-14,21-22H,1-4,6,8H2. The van der Waals surface area contributed by atoms with Crippen molar-refractivity contribution in [3.05, 3.63) is 23.3 Å². The lowest BCUT2D eigenvalue weighted by Crippen LogP contribution is -2.61. The second-order valence-electron chi connectivity index (χ2n) is 6.88. The molecule has 2 fully saturated rings. The van der Waals surface area contributed by atoms with Crippen molar-refractivity contribution in [3.8, 4) is 11.5 Å². The molecular formula is C17H19NO4. The van der Waals surface area contributed by atoms with Crippen molar-refractivity contribution in [3.63, 3.8) is 0 Å². The number of hydrogen-bond donors (Lipinski definition) is 2. The third-order valence-corrected chi connectivity index (χ3v) is 5.91. The molecule has 1 aliphatic heterocycles. The van der Waals surface area contributed by atoms with Crippen molar-refractivity contribution in [1.29, 1.82) is 0 Å². The molecule has 22 heavy (non-hydrogen) atoms. The van der Waals surface area contributed by atoms with Crippen LogP contribution in [0.3, 0.4) is 0 Å². The number of amides is 1. The number of ketones is 1. The Morgan fingerprint density at radius 3 is 2.91 bits per heavy atom. The quantitative estimate of drug-likeness (QED) is 0.770. The van der Waals surface area contributed by atoms with E-state index in [4.69, 9.17) is 0 Å². The average Bonchev–Trinajstić information content (AvgIpc) is 2.45. The third kappa shape index (κ3) is 1.65. The Bertz CT molecular complexity index is 671. The molecule has 3 unspecified atom stereocenters. The maximum absolute atomic E-state index is 12.1. The molecular weight excluding hydrogens is 282 g/mol. The molecule has 0 spiro atoms. The van der Waals surface area contributed by atoms with Gasteiger partial charge in [-0.05, 0) is 36.8 Å². The molecule has 1 aromatic carbocycles. The fourth-order valence-electron chi connectivity index (χ4n) is 5.14. The number of aromatic hydroxyl groups is 2. The minimum atomic E-state index is -0.370. The number of fused-ring (bicyclic) bond motifs is 1. The molecule has 4 rings (SSSR count). The Labute approximate surface area is 128 Å². The van der Waals surface area contributed by atoms with Gasteiger partial charge in [0.2, 0.25) is 6.41 Å². The average molecular weight is 301 g/mol. The molecule has 1 saturated heterocycles. The molecule has 0 radical (unpaired) electrons. The van der Waals surface area contributed by atoms with Gasteiger partial charge in [0, 0.05) is 42.5 Å². The summed E-state index contributed by atoms with van der Waals surface area (Å²) in [6.07, 6.45) is 4.00. The van der Waals surface area contributed by atoms with Gasteiger partial charge >= 0.3 is 0 Å². The SMILES string of the molecule is O=CN1CCC23CC(=O)CCC2C1Cc1cc(O)cc(O)c13. The predicted molar refractivity (Wildman–Crippen MR) is 78.7 cm³/mol. The van der Waals surface area contributed by atoms with Gasteiger partial charge in [-0.1, -0.05) is 0 Å². The van der Waals surface area contributed by atoms with E-state index >= 15 is 0 Å². The summed E-state index contributed by atoms with van der Waals surface area (Å²) in [4.78, 5) is 25.4. The van der Waals surface area contributed by atoms with Crippen LogP contribution in [0.2, 0.25) is 0 Å². The molecule has 1 saturated carbocycles. The van der Waals surface area contributed by atoms with Crippen LogP contribution < -0.4 is 0 Å². The van der Waals surface area contributed by atoms with Crippen molar-refractivity contribution in [2.75, 3.05) is 6.54 Å². The Morgan fingerprint density at radius 1 is 1.32 bits per heavy atom. The highest BCUT2D eigenvalue weighted by Gasteiger charge is 2.56. The molecule has 2 N–H and O–H groups in total. The summed E-state index contributed by atoms with van der Waals surface area (Å²) in [7, 11) is 0. The largest absolute Gasteiger partial charge is 0.508 e. The first-order valence-electron chi connectivity index (χ1n) is 7.83. The van der Waals surface area contributed by atoms with E-state index in [0.29, 0.717) is 32.2 Å². The molecule has 3 atom stereocenters. The zero-order valence-electron chi connectivity index (χ0n) is 12.3. The van der Waals surface area contributed by atoms with Crippen molar-refractivity contribution in [2.24, 2.45) is 5.92 Å². The summed E-state index contributed by atoms with van der Waals surface area (Å²) < 4.78 is 0. The summed E-state index contributed by atoms with van der Waals surface area (Å²) in [6.45, 7) is 0.623. The molecule has 5 nitrogen and oxygen atoms in total. The highest BCUT2D eigenvalue weighted by molar-refractivity contribution is 5.82. The zero-order chi connectivity index (χ0) is 15.5. The molecule has 2 aliphatic carbocycles. The number of piperidine rings is 1. The number of hydrogen-bond acceptors (Lipinski definition) is 4. The van der Waals surface area contributed by atoms with Gasteiger partial charge in [-0.3, -0.25) is 9.59 Å². The van der Waals surface area contributed by atoms with Gasteiger partial charge in [-0.15, -0.1) is 0 Å². The molecule has 2 bridgehead atoms. The van der Waals surface area contributed by atoms with E-state index in [0.717, 1.165) is 24.0 Å². The van der Waals surface area contributed by atoms with Gasteiger partial charge in [-0.25, -0.2) is 0 Å². The number of rotatable bonds is 1. The molecule has 3 aliphatic rings. The van der Waals surface area contributed by atoms with Gasteiger partial charge in [0.15, 0.2) is 0 Å². The molecule has 1 amide bonds. The van der Waals surface area contributed by atoms with Crippen LogP contribution >= 0.6 is 0 Å². The van der Waals surface area contributed by atoms with Crippen LogP contribution in [0.1, 0.15) is 36.8 Å². The summed E-state index contributed by atoms with van der Waals surface area (Å²) in [5.74, 6) is 0.568. The van der Waals surface area contributed by atoms with Gasteiger partial charge in [0.1, 0.15) is 17.3 Å². The Hall–Kier alpha value is -2.04. The first kappa shape index (κ1) is 13.6. The van der Waals surface area contributed by atoms with Crippen molar-refractivity contribution >= 4 is 12.2 Å². The van der Waals surface area contributed by atoms with Crippen LogP contribution in [0.25, 0.3) is 0 Å². The number of carbonyl (C=O) groups is 2. The smallest absolute Gasteiger partial charge is 0.209 e. The van der Waals surface area contributed by atoms with Crippen LogP contribution in [0.5, 0.6) is 11.5 Å². The van der Waals surface area contributed by atoms with Crippen LogP contribution in [-0.4, -0.2) is 39.9 Å². The molecule has 5 heteroatoms. The van der Waals surface area contributed by atoms with E-state index in [1.807, 2.05) is 4.90 Å². The lowest BCUT2D eigenvalue weighted by atomic mass is 9.52. The van der Waals surface area contributed by atoms with E-state index in [1.165, 1.54) is 6.07 Å². The summed E-state index contributed by atoms with van der Waals surface area (Å²) in [5.41, 5.74) is 1.34. The zero-order valence-corrected chi connectivity index (χ0v) is 12.3. The number of phenolic OH excluding ortho intramolecular Hbond substituents is 2.